The van der Waals surface area contributed by atoms with Crippen LogP contribution in [0, 0.1) is 0 Å². The van der Waals surface area contributed by atoms with Crippen molar-refractivity contribution in [3.05, 3.63) is 102 Å². The van der Waals surface area contributed by atoms with E-state index >= 15 is 0 Å². The van der Waals surface area contributed by atoms with Crippen LogP contribution in [0.15, 0.2) is 79.1 Å². The summed E-state index contributed by atoms with van der Waals surface area (Å²) in [5.41, 5.74) is 5.36. The lowest BCUT2D eigenvalue weighted by Gasteiger charge is -2.12. The quantitative estimate of drug-likeness (QED) is 0.215. The third kappa shape index (κ3) is 5.27. The number of imidazole rings is 1. The Hall–Kier alpha value is -4.36. The zero-order chi connectivity index (χ0) is 25.8. The molecule has 0 bridgehead atoms. The largest absolute Gasteiger partial charge is 0.469 e. The fourth-order valence-corrected chi connectivity index (χ4v) is 4.54. The van der Waals surface area contributed by atoms with Crippen LogP contribution in [0.2, 0.25) is 0 Å². The van der Waals surface area contributed by atoms with E-state index in [-0.39, 0.29) is 5.97 Å². The highest BCUT2D eigenvalue weighted by atomic mass is 16.5. The molecular formula is C30H29N3O4. The smallest absolute Gasteiger partial charge is 0.305 e. The third-order valence-corrected chi connectivity index (χ3v) is 6.49. The van der Waals surface area contributed by atoms with Crippen molar-refractivity contribution < 1.29 is 19.4 Å². The third-order valence-electron chi connectivity index (χ3n) is 6.49. The molecule has 2 aromatic heterocycles. The molecule has 0 fully saturated rings. The molecule has 0 aliphatic rings. The molecule has 37 heavy (non-hydrogen) atoms. The molecule has 3 aromatic carbocycles. The van der Waals surface area contributed by atoms with Crippen LogP contribution in [0.4, 0.5) is 0 Å². The minimum Gasteiger partial charge on any atom is -0.469 e. The number of aliphatic hydroxyl groups excluding tert-OH is 1. The van der Waals surface area contributed by atoms with Crippen LogP contribution in [0.3, 0.4) is 0 Å². The van der Waals surface area contributed by atoms with Crippen molar-refractivity contribution in [2.45, 2.75) is 32.3 Å². The lowest BCUT2D eigenvalue weighted by atomic mass is 10.0. The zero-order valence-electron chi connectivity index (χ0n) is 20.8. The minimum absolute atomic E-state index is 0.258. The van der Waals surface area contributed by atoms with Crippen LogP contribution in [-0.4, -0.2) is 33.1 Å². The molecule has 0 saturated carbocycles. The predicted molar refractivity (Wildman–Crippen MR) is 143 cm³/mol. The van der Waals surface area contributed by atoms with Crippen molar-refractivity contribution in [2.24, 2.45) is 0 Å². The Balaban J connectivity index is 1.34. The number of carbonyl (C=O) groups is 1. The van der Waals surface area contributed by atoms with Gasteiger partial charge in [0.05, 0.1) is 19.0 Å². The van der Waals surface area contributed by atoms with Gasteiger partial charge in [-0.15, -0.1) is 0 Å². The molecule has 5 rings (SSSR count). The number of hydrogen-bond acceptors (Lipinski definition) is 5. The van der Waals surface area contributed by atoms with Gasteiger partial charge in [0.15, 0.2) is 0 Å². The Morgan fingerprint density at radius 1 is 1.08 bits per heavy atom. The molecular weight excluding hydrogens is 466 g/mol. The number of ether oxygens (including phenoxy) is 2. The minimum atomic E-state index is -0.876. The number of benzene rings is 3. The molecule has 188 valence electrons. The monoisotopic (exact) mass is 495 g/mol. The fourth-order valence-electron chi connectivity index (χ4n) is 4.54. The highest BCUT2D eigenvalue weighted by Crippen LogP contribution is 2.33. The first-order chi connectivity index (χ1) is 18.1. The van der Waals surface area contributed by atoms with Crippen molar-refractivity contribution in [2.75, 3.05) is 7.11 Å². The average Bonchev–Trinajstić information content (AvgIpc) is 3.62. The Bertz CT molecular complexity index is 1530. The number of aliphatic hydroxyl groups is 1. The van der Waals surface area contributed by atoms with Crippen molar-refractivity contribution in [3.63, 3.8) is 0 Å². The van der Waals surface area contributed by atoms with Gasteiger partial charge in [0, 0.05) is 34.6 Å². The van der Waals surface area contributed by atoms with Gasteiger partial charge in [-0.05, 0) is 54.3 Å². The summed E-state index contributed by atoms with van der Waals surface area (Å²) in [6.45, 7) is 2.12. The molecule has 0 aliphatic heterocycles. The molecule has 1 atom stereocenters. The molecule has 0 spiro atoms. The Kier molecular flexibility index (Phi) is 7.05. The normalized spacial score (nSPS) is 12.0. The van der Waals surface area contributed by atoms with Gasteiger partial charge in [0.1, 0.15) is 23.4 Å². The summed E-state index contributed by atoms with van der Waals surface area (Å²) < 4.78 is 11.0. The van der Waals surface area contributed by atoms with Gasteiger partial charge in [-0.3, -0.25) is 4.79 Å². The van der Waals surface area contributed by atoms with Crippen molar-refractivity contribution in [3.8, 4) is 22.9 Å². The number of nitrogens with one attached hydrogen (secondary N) is 2. The molecule has 7 nitrogen and oxygen atoms in total. The summed E-state index contributed by atoms with van der Waals surface area (Å²) in [5.74, 6) is 1.91. The zero-order valence-corrected chi connectivity index (χ0v) is 20.8. The summed E-state index contributed by atoms with van der Waals surface area (Å²) in [4.78, 5) is 22.5. The number of rotatable bonds is 9. The molecule has 0 saturated heterocycles. The number of H-pyrrole nitrogens is 2. The summed E-state index contributed by atoms with van der Waals surface area (Å²) in [5, 5.41) is 12.1. The number of aromatic amines is 2. The SMILES string of the molecule is CCc1c(Oc2cccc(-c3ncc(C(O)c4cccc(CCC(=O)OC)c4)[nH]3)c2)ccc2[nH]ccc12. The van der Waals surface area contributed by atoms with Gasteiger partial charge in [0.2, 0.25) is 0 Å². The summed E-state index contributed by atoms with van der Waals surface area (Å²) in [7, 11) is 1.38. The van der Waals surface area contributed by atoms with E-state index in [1.807, 2.05) is 66.9 Å². The van der Waals surface area contributed by atoms with Crippen LogP contribution in [-0.2, 0) is 22.4 Å². The molecule has 0 radical (unpaired) electrons. The fraction of sp³-hybridized carbons (Fsp3) is 0.200. The van der Waals surface area contributed by atoms with Crippen molar-refractivity contribution >= 4 is 16.9 Å². The molecule has 0 aliphatic carbocycles. The van der Waals surface area contributed by atoms with Crippen molar-refractivity contribution in [1.29, 1.82) is 0 Å². The molecule has 0 amide bonds. The first-order valence-corrected chi connectivity index (χ1v) is 12.3. The predicted octanol–water partition coefficient (Wildman–Crippen LogP) is 6.10. The van der Waals surface area contributed by atoms with Gasteiger partial charge < -0.3 is 24.5 Å². The number of aryl methyl sites for hydroxylation is 2. The Morgan fingerprint density at radius 2 is 1.95 bits per heavy atom. The first kappa shape index (κ1) is 24.3. The average molecular weight is 496 g/mol. The van der Waals surface area contributed by atoms with Crippen LogP contribution in [0.25, 0.3) is 22.3 Å². The second-order valence-corrected chi connectivity index (χ2v) is 8.88. The molecule has 5 aromatic rings. The van der Waals surface area contributed by atoms with E-state index in [1.54, 1.807) is 6.20 Å². The lowest BCUT2D eigenvalue weighted by molar-refractivity contribution is -0.140. The lowest BCUT2D eigenvalue weighted by Crippen LogP contribution is -2.04. The van der Waals surface area contributed by atoms with Gasteiger partial charge in [0.25, 0.3) is 0 Å². The molecule has 1 unspecified atom stereocenters. The van der Waals surface area contributed by atoms with E-state index in [4.69, 9.17) is 9.47 Å². The standard InChI is InChI=1S/C30H29N3O4/c1-3-23-24-14-15-31-25(24)11-12-27(23)37-22-9-5-8-21(17-22)30-32-18-26(33-30)29(35)20-7-4-6-19(16-20)10-13-28(34)36-2/h4-9,11-12,14-18,29,31,35H,3,10,13H2,1-2H3,(H,32,33). The van der Waals surface area contributed by atoms with E-state index < -0.39 is 6.10 Å². The maximum absolute atomic E-state index is 11.5. The summed E-state index contributed by atoms with van der Waals surface area (Å²) in [6, 6.07) is 21.4. The highest BCUT2D eigenvalue weighted by Gasteiger charge is 2.16. The Morgan fingerprint density at radius 3 is 2.78 bits per heavy atom. The number of methoxy groups -OCH3 is 1. The van der Waals surface area contributed by atoms with Crippen LogP contribution in [0.1, 0.15) is 41.8 Å². The van der Waals surface area contributed by atoms with E-state index in [0.29, 0.717) is 30.1 Å². The highest BCUT2D eigenvalue weighted by molar-refractivity contribution is 5.85. The van der Waals surface area contributed by atoms with E-state index in [0.717, 1.165) is 45.3 Å². The van der Waals surface area contributed by atoms with Gasteiger partial charge in [-0.25, -0.2) is 4.98 Å². The second kappa shape index (κ2) is 10.7. The van der Waals surface area contributed by atoms with E-state index in [9.17, 15) is 9.90 Å². The van der Waals surface area contributed by atoms with E-state index in [2.05, 4.69) is 27.9 Å². The van der Waals surface area contributed by atoms with E-state index in [1.165, 1.54) is 7.11 Å². The van der Waals surface area contributed by atoms with Gasteiger partial charge in [-0.1, -0.05) is 43.3 Å². The number of fused-ring (bicyclic) bond motifs is 1. The number of hydrogen-bond donors (Lipinski definition) is 3. The number of esters is 1. The van der Waals surface area contributed by atoms with Gasteiger partial charge in [-0.2, -0.15) is 0 Å². The molecule has 3 N–H and O–H groups in total. The number of carbonyl (C=O) groups excluding carboxylic acids is 1. The second-order valence-electron chi connectivity index (χ2n) is 8.88. The first-order valence-electron chi connectivity index (χ1n) is 12.3. The maximum Gasteiger partial charge on any atom is 0.305 e. The number of nitrogens with zero attached hydrogens (tertiary/aromatic N) is 1. The Labute approximate surface area is 215 Å². The molecule has 2 heterocycles. The number of aromatic nitrogens is 3. The van der Waals surface area contributed by atoms with Crippen LogP contribution in [0.5, 0.6) is 11.5 Å². The topological polar surface area (TPSA) is 100 Å². The summed E-state index contributed by atoms with van der Waals surface area (Å²) in [6.07, 6.45) is 4.40. The molecule has 7 heteroatoms. The van der Waals surface area contributed by atoms with Gasteiger partial charge >= 0.3 is 5.97 Å². The summed E-state index contributed by atoms with van der Waals surface area (Å²) >= 11 is 0. The van der Waals surface area contributed by atoms with Crippen LogP contribution < -0.4 is 4.74 Å². The maximum atomic E-state index is 11.5. The van der Waals surface area contributed by atoms with Crippen molar-refractivity contribution in [1.82, 2.24) is 15.0 Å². The van der Waals surface area contributed by atoms with Crippen LogP contribution >= 0.6 is 0 Å².